The maximum atomic E-state index is 10.6. The second-order valence-electron chi connectivity index (χ2n) is 2.23. The molecular weight excluding hydrogens is 156 g/mol. The maximum Gasteiger partial charge on any atom is 0.237 e. The lowest BCUT2D eigenvalue weighted by Crippen LogP contribution is -2.32. The van der Waals surface area contributed by atoms with E-state index in [0.29, 0.717) is 6.42 Å². The Hall–Kier alpha value is -0.320. The molecule has 0 radical (unpaired) electrons. The number of halogens is 1. The van der Waals surface area contributed by atoms with Crippen molar-refractivity contribution in [2.45, 2.75) is 18.5 Å². The first kappa shape index (κ1) is 9.68. The number of carbonyl (C=O) groups excluding carboxylic acids is 1. The van der Waals surface area contributed by atoms with Crippen molar-refractivity contribution in [3.63, 3.8) is 0 Å². The van der Waals surface area contributed by atoms with E-state index in [1.54, 1.807) is 0 Å². The van der Waals surface area contributed by atoms with Gasteiger partial charge in [0.25, 0.3) is 0 Å². The van der Waals surface area contributed by atoms with Crippen molar-refractivity contribution >= 4 is 18.3 Å². The molecule has 0 bridgehead atoms. The molecule has 1 saturated heterocycles. The van der Waals surface area contributed by atoms with Crippen molar-refractivity contribution in [2.24, 2.45) is 5.73 Å². The standard InChI is InChI=1S/C5H10N2O2.ClH/c6-4-1-3(2-8)7-5(4)9;/h3-4,8H,1-2,6H2,(H,7,9);1H/t3-,4-;/m1./s1. The van der Waals surface area contributed by atoms with Crippen molar-refractivity contribution in [1.29, 1.82) is 0 Å². The number of aliphatic hydroxyl groups is 1. The van der Waals surface area contributed by atoms with Gasteiger partial charge in [0, 0.05) is 0 Å². The summed E-state index contributed by atoms with van der Waals surface area (Å²) in [4.78, 5) is 10.6. The number of rotatable bonds is 1. The first-order valence-corrected chi connectivity index (χ1v) is 2.91. The first-order valence-electron chi connectivity index (χ1n) is 2.91. The Balaban J connectivity index is 0.000000810. The number of hydrogen-bond acceptors (Lipinski definition) is 3. The van der Waals surface area contributed by atoms with E-state index in [2.05, 4.69) is 5.32 Å². The highest BCUT2D eigenvalue weighted by Gasteiger charge is 2.27. The minimum atomic E-state index is -0.415. The lowest BCUT2D eigenvalue weighted by molar-refractivity contribution is -0.120. The average molecular weight is 167 g/mol. The minimum Gasteiger partial charge on any atom is -0.394 e. The van der Waals surface area contributed by atoms with Gasteiger partial charge in [-0.1, -0.05) is 0 Å². The molecule has 0 saturated carbocycles. The molecule has 0 spiro atoms. The van der Waals surface area contributed by atoms with Gasteiger partial charge in [0.15, 0.2) is 0 Å². The fourth-order valence-electron chi connectivity index (χ4n) is 0.901. The Morgan fingerprint density at radius 2 is 2.40 bits per heavy atom. The molecule has 5 heteroatoms. The third-order valence-corrected chi connectivity index (χ3v) is 1.44. The molecule has 0 unspecified atom stereocenters. The summed E-state index contributed by atoms with van der Waals surface area (Å²) in [7, 11) is 0. The summed E-state index contributed by atoms with van der Waals surface area (Å²) in [5.74, 6) is -0.158. The lowest BCUT2D eigenvalue weighted by Gasteiger charge is -2.01. The Morgan fingerprint density at radius 1 is 1.80 bits per heavy atom. The predicted molar refractivity (Wildman–Crippen MR) is 38.9 cm³/mol. The molecule has 10 heavy (non-hydrogen) atoms. The first-order chi connectivity index (χ1) is 4.24. The van der Waals surface area contributed by atoms with E-state index < -0.39 is 6.04 Å². The molecule has 4 N–H and O–H groups in total. The van der Waals surface area contributed by atoms with Crippen molar-refractivity contribution in [1.82, 2.24) is 5.32 Å². The van der Waals surface area contributed by atoms with Gasteiger partial charge in [0.2, 0.25) is 5.91 Å². The van der Waals surface area contributed by atoms with Crippen LogP contribution < -0.4 is 11.1 Å². The zero-order valence-electron chi connectivity index (χ0n) is 5.41. The number of nitrogens with two attached hydrogens (primary N) is 1. The number of amides is 1. The highest BCUT2D eigenvalue weighted by molar-refractivity contribution is 5.85. The summed E-state index contributed by atoms with van der Waals surface area (Å²) >= 11 is 0. The largest absolute Gasteiger partial charge is 0.394 e. The van der Waals surface area contributed by atoms with Gasteiger partial charge >= 0.3 is 0 Å². The minimum absolute atomic E-state index is 0. The number of aliphatic hydroxyl groups excluding tert-OH is 1. The van der Waals surface area contributed by atoms with Crippen LogP contribution in [0, 0.1) is 0 Å². The van der Waals surface area contributed by atoms with E-state index >= 15 is 0 Å². The molecule has 0 aromatic rings. The number of nitrogens with one attached hydrogen (secondary N) is 1. The van der Waals surface area contributed by atoms with Gasteiger partial charge in [0.05, 0.1) is 18.7 Å². The van der Waals surface area contributed by atoms with E-state index in [0.717, 1.165) is 0 Å². The fourth-order valence-corrected chi connectivity index (χ4v) is 0.901. The van der Waals surface area contributed by atoms with Gasteiger partial charge in [-0.3, -0.25) is 4.79 Å². The number of hydrogen-bond donors (Lipinski definition) is 3. The monoisotopic (exact) mass is 166 g/mol. The third-order valence-electron chi connectivity index (χ3n) is 1.44. The van der Waals surface area contributed by atoms with Crippen LogP contribution in [0.3, 0.4) is 0 Å². The normalized spacial score (nSPS) is 31.2. The van der Waals surface area contributed by atoms with Gasteiger partial charge in [-0.2, -0.15) is 0 Å². The van der Waals surface area contributed by atoms with E-state index in [1.165, 1.54) is 0 Å². The summed E-state index contributed by atoms with van der Waals surface area (Å²) in [6.07, 6.45) is 0.551. The van der Waals surface area contributed by atoms with Gasteiger partial charge in [-0.25, -0.2) is 0 Å². The van der Waals surface area contributed by atoms with Gasteiger partial charge in [-0.15, -0.1) is 12.4 Å². The number of carbonyl (C=O) groups is 1. The van der Waals surface area contributed by atoms with Gasteiger partial charge in [-0.05, 0) is 6.42 Å². The molecule has 1 fully saturated rings. The zero-order valence-corrected chi connectivity index (χ0v) is 6.23. The molecule has 1 aliphatic heterocycles. The average Bonchev–Trinajstić information content (AvgIpc) is 2.13. The van der Waals surface area contributed by atoms with E-state index in [4.69, 9.17) is 10.8 Å². The third kappa shape index (κ3) is 1.83. The Labute approximate surface area is 65.2 Å². The van der Waals surface area contributed by atoms with Crippen LogP contribution in [0.4, 0.5) is 0 Å². The summed E-state index contributed by atoms with van der Waals surface area (Å²) in [6.45, 7) is -0.0144. The van der Waals surface area contributed by atoms with Crippen LogP contribution in [0.2, 0.25) is 0 Å². The molecular formula is C5H11ClN2O2. The molecule has 0 aromatic heterocycles. The van der Waals surface area contributed by atoms with Crippen LogP contribution >= 0.6 is 12.4 Å². The second-order valence-corrected chi connectivity index (χ2v) is 2.23. The van der Waals surface area contributed by atoms with Gasteiger partial charge in [0.1, 0.15) is 0 Å². The fraction of sp³-hybridized carbons (Fsp3) is 0.800. The molecule has 1 heterocycles. The van der Waals surface area contributed by atoms with Crippen LogP contribution in [0.15, 0.2) is 0 Å². The van der Waals surface area contributed by atoms with Crippen LogP contribution in [0.1, 0.15) is 6.42 Å². The summed E-state index contributed by atoms with van der Waals surface area (Å²) in [6, 6.07) is -0.533. The molecule has 1 amide bonds. The molecule has 1 rings (SSSR count). The molecule has 0 aliphatic carbocycles. The van der Waals surface area contributed by atoms with Crippen LogP contribution in [0.25, 0.3) is 0 Å². The van der Waals surface area contributed by atoms with Gasteiger partial charge < -0.3 is 16.2 Å². The molecule has 2 atom stereocenters. The van der Waals surface area contributed by atoms with Crippen LogP contribution in [0.5, 0.6) is 0 Å². The Bertz CT molecular complexity index is 131. The SMILES string of the molecule is Cl.N[C@@H]1C[C@H](CO)NC1=O. The summed E-state index contributed by atoms with van der Waals surface area (Å²) in [5, 5.41) is 11.1. The lowest BCUT2D eigenvalue weighted by atomic mass is 10.2. The topological polar surface area (TPSA) is 75.3 Å². The molecule has 1 aliphatic rings. The summed E-state index contributed by atoms with van der Waals surface area (Å²) in [5.41, 5.74) is 5.32. The highest BCUT2D eigenvalue weighted by Crippen LogP contribution is 2.03. The van der Waals surface area contributed by atoms with E-state index in [9.17, 15) is 4.79 Å². The van der Waals surface area contributed by atoms with E-state index in [1.807, 2.05) is 0 Å². The van der Waals surface area contributed by atoms with Crippen molar-refractivity contribution in [3.05, 3.63) is 0 Å². The van der Waals surface area contributed by atoms with Crippen molar-refractivity contribution in [3.8, 4) is 0 Å². The highest BCUT2D eigenvalue weighted by atomic mass is 35.5. The maximum absolute atomic E-state index is 10.6. The van der Waals surface area contributed by atoms with Crippen molar-refractivity contribution < 1.29 is 9.90 Å². The predicted octanol–water partition coefficient (Wildman–Crippen LogP) is -1.38. The quantitative estimate of drug-likeness (QED) is 0.449. The second kappa shape index (κ2) is 3.75. The van der Waals surface area contributed by atoms with Crippen molar-refractivity contribution in [2.75, 3.05) is 6.61 Å². The smallest absolute Gasteiger partial charge is 0.237 e. The zero-order chi connectivity index (χ0) is 6.85. The van der Waals surface area contributed by atoms with E-state index in [-0.39, 0.29) is 31.0 Å². The summed E-state index contributed by atoms with van der Waals surface area (Å²) < 4.78 is 0. The Kier molecular flexibility index (Phi) is 3.63. The molecule has 0 aromatic carbocycles. The molecule has 4 nitrogen and oxygen atoms in total. The van der Waals surface area contributed by atoms with Crippen LogP contribution in [-0.2, 0) is 4.79 Å². The Morgan fingerprint density at radius 3 is 2.60 bits per heavy atom. The van der Waals surface area contributed by atoms with Crippen LogP contribution in [-0.4, -0.2) is 29.7 Å². The molecule has 60 valence electrons.